The highest BCUT2D eigenvalue weighted by Crippen LogP contribution is 2.43. The predicted molar refractivity (Wildman–Crippen MR) is 183 cm³/mol. The number of rotatable bonds is 7. The normalized spacial score (nSPS) is 20.1. The highest BCUT2D eigenvalue weighted by Gasteiger charge is 2.35. The lowest BCUT2D eigenvalue weighted by Gasteiger charge is -2.27. The van der Waals surface area contributed by atoms with Gasteiger partial charge in [-0.1, -0.05) is 71.7 Å². The zero-order chi connectivity index (χ0) is 30.2. The third kappa shape index (κ3) is 5.84. The van der Waals surface area contributed by atoms with Gasteiger partial charge in [-0.2, -0.15) is 0 Å². The van der Waals surface area contributed by atoms with Crippen molar-refractivity contribution in [3.8, 4) is 0 Å². The van der Waals surface area contributed by atoms with Gasteiger partial charge in [0.05, 0.1) is 18.1 Å². The minimum absolute atomic E-state index is 0.0839. The zero-order valence-electron chi connectivity index (χ0n) is 23.6. The number of anilines is 2. The standard InChI is InChI=1S/C34H28Cl2N4O2S2/c35-26-11-7-23(8-12-26)33-39(30(41)20-43-33)28-5-1-3-22(17-28)19-38-16-15-37-32(38)25-4-2-6-29(18-25)40-31(42)21-44-34(40)24-9-13-27(36)14-10-24/h1-14,17-18,33-34H,15-16,19-21H2. The van der Waals surface area contributed by atoms with E-state index in [4.69, 9.17) is 28.2 Å². The predicted octanol–water partition coefficient (Wildman–Crippen LogP) is 7.81. The first-order valence-electron chi connectivity index (χ1n) is 14.3. The van der Waals surface area contributed by atoms with Crippen molar-refractivity contribution in [2.45, 2.75) is 17.3 Å². The molecule has 10 heteroatoms. The van der Waals surface area contributed by atoms with Crippen molar-refractivity contribution in [1.29, 1.82) is 0 Å². The van der Waals surface area contributed by atoms with E-state index in [2.05, 4.69) is 29.2 Å². The number of halogens is 2. The number of carbonyl (C=O) groups is 2. The fourth-order valence-corrected chi connectivity index (χ4v) is 8.49. The van der Waals surface area contributed by atoms with Gasteiger partial charge in [-0.25, -0.2) is 0 Å². The third-order valence-electron chi connectivity index (χ3n) is 7.92. The number of benzene rings is 4. The van der Waals surface area contributed by atoms with Crippen LogP contribution in [0.2, 0.25) is 10.0 Å². The average molecular weight is 660 g/mol. The van der Waals surface area contributed by atoms with Crippen LogP contribution in [0, 0.1) is 0 Å². The number of hydrogen-bond donors (Lipinski definition) is 0. The number of carbonyl (C=O) groups excluding carboxylic acids is 2. The number of amidine groups is 1. The molecule has 0 spiro atoms. The molecule has 4 aromatic rings. The van der Waals surface area contributed by atoms with E-state index < -0.39 is 0 Å². The number of amides is 2. The van der Waals surface area contributed by atoms with Crippen LogP contribution in [0.5, 0.6) is 0 Å². The van der Waals surface area contributed by atoms with Crippen molar-refractivity contribution < 1.29 is 9.59 Å². The first-order chi connectivity index (χ1) is 21.4. The van der Waals surface area contributed by atoms with E-state index in [1.807, 2.05) is 82.6 Å². The smallest absolute Gasteiger partial charge is 0.238 e. The highest BCUT2D eigenvalue weighted by molar-refractivity contribution is 8.01. The fraction of sp³-hybridized carbons (Fsp3) is 0.206. The van der Waals surface area contributed by atoms with Gasteiger partial charge in [-0.15, -0.1) is 23.5 Å². The van der Waals surface area contributed by atoms with E-state index in [0.29, 0.717) is 34.6 Å². The highest BCUT2D eigenvalue weighted by atomic mass is 35.5. The summed E-state index contributed by atoms with van der Waals surface area (Å²) in [6, 6.07) is 31.7. The van der Waals surface area contributed by atoms with E-state index in [-0.39, 0.29) is 22.6 Å². The largest absolute Gasteiger partial charge is 0.350 e. The molecule has 44 heavy (non-hydrogen) atoms. The molecule has 2 amide bonds. The molecular weight excluding hydrogens is 631 g/mol. The molecule has 0 radical (unpaired) electrons. The minimum atomic E-state index is -0.109. The molecule has 0 aliphatic carbocycles. The summed E-state index contributed by atoms with van der Waals surface area (Å²) in [7, 11) is 0. The monoisotopic (exact) mass is 658 g/mol. The Morgan fingerprint density at radius 1 is 0.705 bits per heavy atom. The molecule has 2 unspecified atom stereocenters. The maximum atomic E-state index is 13.1. The molecule has 0 saturated carbocycles. The summed E-state index contributed by atoms with van der Waals surface area (Å²) in [5.41, 5.74) is 5.91. The summed E-state index contributed by atoms with van der Waals surface area (Å²) in [5.74, 6) is 1.96. The zero-order valence-corrected chi connectivity index (χ0v) is 26.8. The lowest BCUT2D eigenvalue weighted by molar-refractivity contribution is -0.116. The van der Waals surface area contributed by atoms with Crippen molar-refractivity contribution in [2.24, 2.45) is 4.99 Å². The Morgan fingerprint density at radius 3 is 1.84 bits per heavy atom. The SMILES string of the molecule is O=C1CSC(c2ccc(Cl)cc2)N1c1cccc(CN2CCN=C2c2cccc(N3C(=O)CSC3c3ccc(Cl)cc3)c2)c1. The van der Waals surface area contributed by atoms with Crippen LogP contribution in [0.3, 0.4) is 0 Å². The van der Waals surface area contributed by atoms with Gasteiger partial charge in [-0.05, 0) is 65.2 Å². The number of hydrogen-bond acceptors (Lipinski definition) is 6. The number of thioether (sulfide) groups is 2. The Morgan fingerprint density at radius 2 is 1.25 bits per heavy atom. The second kappa shape index (κ2) is 12.5. The van der Waals surface area contributed by atoms with E-state index in [0.717, 1.165) is 46.0 Å². The van der Waals surface area contributed by atoms with Crippen LogP contribution in [0.4, 0.5) is 11.4 Å². The summed E-state index contributed by atoms with van der Waals surface area (Å²) in [5, 5.41) is 1.15. The van der Waals surface area contributed by atoms with Crippen molar-refractivity contribution in [3.63, 3.8) is 0 Å². The van der Waals surface area contributed by atoms with Crippen molar-refractivity contribution in [2.75, 3.05) is 34.4 Å². The van der Waals surface area contributed by atoms with Crippen LogP contribution in [0.1, 0.15) is 33.0 Å². The molecule has 2 saturated heterocycles. The Labute approximate surface area is 275 Å². The molecule has 2 atom stereocenters. The molecule has 7 rings (SSSR count). The van der Waals surface area contributed by atoms with E-state index >= 15 is 0 Å². The van der Waals surface area contributed by atoms with Crippen LogP contribution in [0.15, 0.2) is 102 Å². The number of aliphatic imine (C=N–C) groups is 1. The Hall–Kier alpha value is -3.43. The van der Waals surface area contributed by atoms with Gasteiger partial charge in [0, 0.05) is 40.1 Å². The Balaban J connectivity index is 1.11. The molecule has 3 heterocycles. The van der Waals surface area contributed by atoms with Crippen LogP contribution in [0.25, 0.3) is 0 Å². The van der Waals surface area contributed by atoms with Crippen molar-refractivity contribution in [3.05, 3.63) is 129 Å². The summed E-state index contributed by atoms with van der Waals surface area (Å²) in [4.78, 5) is 37.0. The quantitative estimate of drug-likeness (QED) is 0.203. The van der Waals surface area contributed by atoms with Crippen molar-refractivity contribution >= 4 is 75.8 Å². The number of nitrogens with zero attached hydrogens (tertiary/aromatic N) is 4. The second-order valence-electron chi connectivity index (χ2n) is 10.8. The Kier molecular flexibility index (Phi) is 8.33. The first kappa shape index (κ1) is 29.3. The van der Waals surface area contributed by atoms with E-state index in [1.54, 1.807) is 23.5 Å². The summed E-state index contributed by atoms with van der Waals surface area (Å²) >= 11 is 15.5. The van der Waals surface area contributed by atoms with Gasteiger partial charge in [0.25, 0.3) is 0 Å². The molecule has 6 nitrogen and oxygen atoms in total. The Bertz CT molecular complexity index is 1750. The van der Waals surface area contributed by atoms with Gasteiger partial charge in [-0.3, -0.25) is 24.4 Å². The van der Waals surface area contributed by atoms with Gasteiger partial charge in [0.2, 0.25) is 11.8 Å². The molecule has 3 aliphatic rings. The molecule has 3 aliphatic heterocycles. The molecule has 0 N–H and O–H groups in total. The summed E-state index contributed by atoms with van der Waals surface area (Å²) in [6.45, 7) is 2.15. The first-order valence-corrected chi connectivity index (χ1v) is 17.2. The van der Waals surface area contributed by atoms with Crippen LogP contribution < -0.4 is 9.80 Å². The van der Waals surface area contributed by atoms with Gasteiger partial charge < -0.3 is 4.90 Å². The average Bonchev–Trinajstić information content (AvgIpc) is 3.77. The van der Waals surface area contributed by atoms with Gasteiger partial charge in [0.15, 0.2) is 0 Å². The molecule has 222 valence electrons. The van der Waals surface area contributed by atoms with Crippen LogP contribution in [-0.4, -0.2) is 47.1 Å². The fourth-order valence-electron chi connectivity index (χ4n) is 5.88. The summed E-state index contributed by atoms with van der Waals surface area (Å²) in [6.07, 6.45) is 0. The molecule has 0 aromatic heterocycles. The summed E-state index contributed by atoms with van der Waals surface area (Å²) < 4.78 is 0. The van der Waals surface area contributed by atoms with Crippen LogP contribution >= 0.6 is 46.7 Å². The molecule has 2 fully saturated rings. The van der Waals surface area contributed by atoms with Crippen molar-refractivity contribution in [1.82, 2.24) is 4.90 Å². The second-order valence-corrected chi connectivity index (χ2v) is 13.8. The molecule has 4 aromatic carbocycles. The van der Waals surface area contributed by atoms with Gasteiger partial charge in [0.1, 0.15) is 16.6 Å². The van der Waals surface area contributed by atoms with E-state index in [9.17, 15) is 9.59 Å². The maximum absolute atomic E-state index is 13.1. The lowest BCUT2D eigenvalue weighted by Crippen LogP contribution is -2.30. The van der Waals surface area contributed by atoms with Gasteiger partial charge >= 0.3 is 0 Å². The van der Waals surface area contributed by atoms with E-state index in [1.165, 1.54) is 0 Å². The van der Waals surface area contributed by atoms with Crippen LogP contribution in [-0.2, 0) is 16.1 Å². The third-order valence-corrected chi connectivity index (χ3v) is 10.9. The molecular formula is C34H28Cl2N4O2S2. The maximum Gasteiger partial charge on any atom is 0.238 e. The lowest BCUT2D eigenvalue weighted by atomic mass is 10.1. The molecule has 0 bridgehead atoms. The minimum Gasteiger partial charge on any atom is -0.350 e. The topological polar surface area (TPSA) is 56.2 Å².